The topological polar surface area (TPSA) is 45.6 Å². The van der Waals surface area contributed by atoms with Crippen LogP contribution < -0.4 is 9.64 Å². The zero-order valence-corrected chi connectivity index (χ0v) is 16.3. The summed E-state index contributed by atoms with van der Waals surface area (Å²) < 4.78 is 6.54. The average molecular weight is 340 g/mol. The molecule has 0 spiro atoms. The predicted octanol–water partition coefficient (Wildman–Crippen LogP) is 4.51. The largest absolute Gasteiger partial charge is 0.507 e. The Morgan fingerprint density at radius 3 is 2.40 bits per heavy atom. The molecule has 134 valence electrons. The van der Waals surface area contributed by atoms with Crippen LogP contribution in [0, 0.1) is 34.6 Å². The lowest BCUT2D eigenvalue weighted by atomic mass is 9.89. The number of ether oxygens (including phenoxy) is 1. The summed E-state index contributed by atoms with van der Waals surface area (Å²) in [4.78, 5) is 6.82. The van der Waals surface area contributed by atoms with Gasteiger partial charge in [0.15, 0.2) is 5.72 Å². The lowest BCUT2D eigenvalue weighted by Crippen LogP contribution is -2.51. The van der Waals surface area contributed by atoms with Crippen molar-refractivity contribution in [3.05, 3.63) is 45.6 Å². The summed E-state index contributed by atoms with van der Waals surface area (Å²) in [6, 6.07) is 4.17. The molecule has 0 bridgehead atoms. The molecule has 1 atom stereocenters. The number of benzene rings is 1. The summed E-state index contributed by atoms with van der Waals surface area (Å²) in [5.41, 5.74) is 5.71. The molecule has 0 fully saturated rings. The standard InChI is InChI=1S/C21H28N2O2/c1-12-10-13(2)22-18(11-12)23(7)21(6)9-8-17-16(5)19(24)14(3)15(4)20(17)25-21/h10-11,24H,8-9H2,1-7H3. The third-order valence-electron chi connectivity index (χ3n) is 5.64. The van der Waals surface area contributed by atoms with Gasteiger partial charge in [-0.2, -0.15) is 0 Å². The lowest BCUT2D eigenvalue weighted by Gasteiger charge is -2.44. The van der Waals surface area contributed by atoms with Crippen LogP contribution in [0.4, 0.5) is 5.82 Å². The maximum atomic E-state index is 10.3. The van der Waals surface area contributed by atoms with Crippen LogP contribution >= 0.6 is 0 Å². The first-order chi connectivity index (χ1) is 11.6. The second kappa shape index (κ2) is 5.94. The van der Waals surface area contributed by atoms with E-state index in [1.54, 1.807) is 0 Å². The van der Waals surface area contributed by atoms with E-state index >= 15 is 0 Å². The normalized spacial score (nSPS) is 19.3. The van der Waals surface area contributed by atoms with Crippen molar-refractivity contribution in [2.45, 2.75) is 60.1 Å². The van der Waals surface area contributed by atoms with Crippen molar-refractivity contribution < 1.29 is 9.84 Å². The van der Waals surface area contributed by atoms with Crippen LogP contribution in [0.25, 0.3) is 0 Å². The molecule has 1 unspecified atom stereocenters. The smallest absolute Gasteiger partial charge is 0.181 e. The molecule has 0 amide bonds. The van der Waals surface area contributed by atoms with E-state index in [2.05, 4.69) is 35.9 Å². The molecule has 1 aliphatic heterocycles. The third-order valence-corrected chi connectivity index (χ3v) is 5.64. The number of aromatic hydroxyl groups is 1. The molecule has 0 saturated carbocycles. The van der Waals surface area contributed by atoms with Crippen LogP contribution in [0.1, 0.15) is 46.9 Å². The summed E-state index contributed by atoms with van der Waals surface area (Å²) >= 11 is 0. The molecule has 1 N–H and O–H groups in total. The summed E-state index contributed by atoms with van der Waals surface area (Å²) in [7, 11) is 2.04. The van der Waals surface area contributed by atoms with Crippen LogP contribution in [0.5, 0.6) is 11.5 Å². The van der Waals surface area contributed by atoms with E-state index in [4.69, 9.17) is 4.74 Å². The van der Waals surface area contributed by atoms with E-state index in [0.29, 0.717) is 5.75 Å². The minimum atomic E-state index is -0.471. The number of fused-ring (bicyclic) bond motifs is 1. The molecular formula is C21H28N2O2. The number of hydrogen-bond acceptors (Lipinski definition) is 4. The van der Waals surface area contributed by atoms with E-state index in [1.807, 2.05) is 34.7 Å². The Bertz CT molecular complexity index is 824. The van der Waals surface area contributed by atoms with Gasteiger partial charge in [-0.15, -0.1) is 0 Å². The summed E-state index contributed by atoms with van der Waals surface area (Å²) in [5, 5.41) is 10.3. The average Bonchev–Trinajstić information content (AvgIpc) is 2.56. The Kier molecular flexibility index (Phi) is 4.18. The van der Waals surface area contributed by atoms with Crippen LogP contribution in [0.15, 0.2) is 12.1 Å². The quantitative estimate of drug-likeness (QED) is 0.874. The van der Waals surface area contributed by atoms with Gasteiger partial charge in [-0.3, -0.25) is 0 Å². The highest BCUT2D eigenvalue weighted by atomic mass is 16.5. The number of nitrogens with zero attached hydrogens (tertiary/aromatic N) is 2. The van der Waals surface area contributed by atoms with Crippen molar-refractivity contribution in [3.63, 3.8) is 0 Å². The number of phenols is 1. The van der Waals surface area contributed by atoms with Crippen molar-refractivity contribution in [2.24, 2.45) is 0 Å². The molecule has 1 aromatic carbocycles. The van der Waals surface area contributed by atoms with Gasteiger partial charge < -0.3 is 14.7 Å². The highest BCUT2D eigenvalue weighted by Crippen LogP contribution is 2.44. The molecule has 25 heavy (non-hydrogen) atoms. The van der Waals surface area contributed by atoms with E-state index in [-0.39, 0.29) is 0 Å². The Balaban J connectivity index is 2.03. The minimum Gasteiger partial charge on any atom is -0.507 e. The van der Waals surface area contributed by atoms with E-state index in [0.717, 1.165) is 52.4 Å². The maximum Gasteiger partial charge on any atom is 0.181 e. The van der Waals surface area contributed by atoms with Crippen LogP contribution in [0.3, 0.4) is 0 Å². The molecular weight excluding hydrogens is 312 g/mol. The molecule has 4 nitrogen and oxygen atoms in total. The van der Waals surface area contributed by atoms with E-state index in [9.17, 15) is 5.11 Å². The summed E-state index contributed by atoms with van der Waals surface area (Å²) in [5.74, 6) is 2.24. The van der Waals surface area contributed by atoms with Gasteiger partial charge in [-0.1, -0.05) is 0 Å². The second-order valence-corrected chi connectivity index (χ2v) is 7.51. The van der Waals surface area contributed by atoms with Gasteiger partial charge in [-0.05, 0) is 82.3 Å². The number of pyridine rings is 1. The summed E-state index contributed by atoms with van der Waals surface area (Å²) in [6.07, 6.45) is 1.72. The highest BCUT2D eigenvalue weighted by molar-refractivity contribution is 5.59. The van der Waals surface area contributed by atoms with Crippen molar-refractivity contribution in [1.82, 2.24) is 4.98 Å². The molecule has 4 heteroatoms. The SMILES string of the molecule is Cc1cc(C)nc(N(C)C2(C)CCc3c(C)c(O)c(C)c(C)c3O2)c1. The number of anilines is 1. The number of aryl methyl sites for hydroxylation is 2. The molecule has 1 aliphatic rings. The molecule has 2 aromatic rings. The predicted molar refractivity (Wildman–Crippen MR) is 102 cm³/mol. The van der Waals surface area contributed by atoms with Gasteiger partial charge in [0.2, 0.25) is 0 Å². The molecule has 0 saturated heterocycles. The van der Waals surface area contributed by atoms with Crippen LogP contribution in [0.2, 0.25) is 0 Å². The Labute approximate surface area is 150 Å². The van der Waals surface area contributed by atoms with Gasteiger partial charge in [-0.25, -0.2) is 4.98 Å². The summed E-state index contributed by atoms with van der Waals surface area (Å²) in [6.45, 7) is 12.2. The Hall–Kier alpha value is -2.23. The fraction of sp³-hybridized carbons (Fsp3) is 0.476. The molecule has 1 aromatic heterocycles. The fourth-order valence-electron chi connectivity index (χ4n) is 3.71. The first-order valence-electron chi connectivity index (χ1n) is 8.84. The Morgan fingerprint density at radius 2 is 1.76 bits per heavy atom. The van der Waals surface area contributed by atoms with Gasteiger partial charge in [0.25, 0.3) is 0 Å². The van der Waals surface area contributed by atoms with Crippen molar-refractivity contribution >= 4 is 5.82 Å². The minimum absolute atomic E-state index is 0.396. The van der Waals surface area contributed by atoms with Crippen molar-refractivity contribution in [3.8, 4) is 11.5 Å². The van der Waals surface area contributed by atoms with Gasteiger partial charge >= 0.3 is 0 Å². The zero-order valence-electron chi connectivity index (χ0n) is 16.3. The van der Waals surface area contributed by atoms with Gasteiger partial charge in [0.1, 0.15) is 17.3 Å². The second-order valence-electron chi connectivity index (χ2n) is 7.51. The number of rotatable bonds is 2. The number of aromatic nitrogens is 1. The number of hydrogen-bond donors (Lipinski definition) is 1. The highest BCUT2D eigenvalue weighted by Gasteiger charge is 2.38. The monoisotopic (exact) mass is 340 g/mol. The van der Waals surface area contributed by atoms with E-state index < -0.39 is 5.72 Å². The van der Waals surface area contributed by atoms with Crippen molar-refractivity contribution in [1.29, 1.82) is 0 Å². The van der Waals surface area contributed by atoms with Gasteiger partial charge in [0.05, 0.1) is 0 Å². The third kappa shape index (κ3) is 2.84. The van der Waals surface area contributed by atoms with Crippen molar-refractivity contribution in [2.75, 3.05) is 11.9 Å². The number of phenolic OH excluding ortho intramolecular Hbond substituents is 1. The zero-order chi connectivity index (χ0) is 18.5. The maximum absolute atomic E-state index is 10.3. The molecule has 2 heterocycles. The van der Waals surface area contributed by atoms with E-state index in [1.165, 1.54) is 5.56 Å². The lowest BCUT2D eigenvalue weighted by molar-refractivity contribution is 0.0640. The first-order valence-corrected chi connectivity index (χ1v) is 8.84. The first kappa shape index (κ1) is 17.6. The van der Waals surface area contributed by atoms with Crippen LogP contribution in [-0.4, -0.2) is 22.9 Å². The molecule has 0 radical (unpaired) electrons. The Morgan fingerprint density at radius 1 is 1.08 bits per heavy atom. The molecule has 3 rings (SSSR count). The fourth-order valence-corrected chi connectivity index (χ4v) is 3.71. The van der Waals surface area contributed by atoms with Crippen LogP contribution in [-0.2, 0) is 6.42 Å². The van der Waals surface area contributed by atoms with Gasteiger partial charge in [0, 0.05) is 24.7 Å². The molecule has 0 aliphatic carbocycles.